The summed E-state index contributed by atoms with van der Waals surface area (Å²) in [7, 11) is 1.41. The number of aliphatic imine (C=N–C) groups is 1. The van der Waals surface area contributed by atoms with Crippen LogP contribution in [0.1, 0.15) is 20.8 Å². The molecule has 0 aliphatic rings. The van der Waals surface area contributed by atoms with Gasteiger partial charge in [0.25, 0.3) is 0 Å². The van der Waals surface area contributed by atoms with E-state index in [0.717, 1.165) is 0 Å². The Kier molecular flexibility index (Phi) is 5.23. The third-order valence-corrected chi connectivity index (χ3v) is 3.02. The van der Waals surface area contributed by atoms with Gasteiger partial charge in [-0.25, -0.2) is 9.38 Å². The van der Waals surface area contributed by atoms with Gasteiger partial charge in [-0.2, -0.15) is 4.98 Å². The van der Waals surface area contributed by atoms with Crippen LogP contribution in [-0.4, -0.2) is 24.0 Å². The molecule has 0 aliphatic carbocycles. The lowest BCUT2D eigenvalue weighted by atomic mass is 10.1. The molecular weight excluding hydrogens is 311 g/mol. The molecule has 0 unspecified atom stereocenters. The third kappa shape index (κ3) is 4.13. The van der Waals surface area contributed by atoms with Gasteiger partial charge in [0, 0.05) is 11.1 Å². The highest BCUT2D eigenvalue weighted by Gasteiger charge is 2.13. The van der Waals surface area contributed by atoms with Crippen LogP contribution in [-0.2, 0) is 0 Å². The van der Waals surface area contributed by atoms with Crippen LogP contribution in [0.5, 0.6) is 11.6 Å². The average molecular weight is 332 g/mol. The number of allylic oxidation sites excluding steroid dienone is 1. The second-order valence-electron chi connectivity index (χ2n) is 5.59. The van der Waals surface area contributed by atoms with Crippen LogP contribution >= 0.6 is 0 Å². The maximum Gasteiger partial charge on any atom is 0.223 e. The molecule has 24 heavy (non-hydrogen) atoms. The fourth-order valence-corrected chi connectivity index (χ4v) is 2.13. The largest absolute Gasteiger partial charge is 0.494 e. The van der Waals surface area contributed by atoms with Crippen LogP contribution in [0.15, 0.2) is 35.0 Å². The first-order chi connectivity index (χ1) is 11.3. The number of pyridine rings is 1. The van der Waals surface area contributed by atoms with Crippen molar-refractivity contribution in [2.24, 2.45) is 16.5 Å². The molecule has 2 aromatic rings. The molecule has 0 amide bonds. The van der Waals surface area contributed by atoms with Crippen molar-refractivity contribution >= 4 is 22.4 Å². The lowest BCUT2D eigenvalue weighted by Crippen LogP contribution is -2.10. The summed E-state index contributed by atoms with van der Waals surface area (Å²) in [4.78, 5) is 8.53. The van der Waals surface area contributed by atoms with Crippen molar-refractivity contribution in [1.29, 1.82) is 0 Å². The molecule has 2 rings (SSSR count). The molecule has 1 aromatic carbocycles. The van der Waals surface area contributed by atoms with E-state index < -0.39 is 5.82 Å². The number of hydrogen-bond donors (Lipinski definition) is 2. The molecule has 7 heteroatoms. The predicted molar refractivity (Wildman–Crippen MR) is 93.2 cm³/mol. The topological polar surface area (TPSA) is 95.8 Å². The van der Waals surface area contributed by atoms with Gasteiger partial charge in [-0.1, -0.05) is 0 Å². The molecule has 0 spiro atoms. The summed E-state index contributed by atoms with van der Waals surface area (Å²) in [6.45, 7) is 5.42. The lowest BCUT2D eigenvalue weighted by molar-refractivity contribution is 0.236. The monoisotopic (exact) mass is 332 g/mol. The number of halogens is 1. The molecule has 0 radical (unpaired) electrons. The van der Waals surface area contributed by atoms with Crippen LogP contribution in [0.4, 0.5) is 10.2 Å². The van der Waals surface area contributed by atoms with Crippen molar-refractivity contribution in [3.05, 3.63) is 35.8 Å². The smallest absolute Gasteiger partial charge is 0.223 e. The lowest BCUT2D eigenvalue weighted by Gasteiger charge is -2.13. The van der Waals surface area contributed by atoms with E-state index in [4.69, 9.17) is 20.9 Å². The number of ether oxygens (including phenoxy) is 2. The van der Waals surface area contributed by atoms with Crippen LogP contribution in [0.25, 0.3) is 10.8 Å². The molecule has 0 atom stereocenters. The summed E-state index contributed by atoms with van der Waals surface area (Å²) in [5.41, 5.74) is 11.9. The molecule has 128 valence electrons. The first-order valence-electron chi connectivity index (χ1n) is 7.43. The van der Waals surface area contributed by atoms with Gasteiger partial charge < -0.3 is 20.9 Å². The summed E-state index contributed by atoms with van der Waals surface area (Å²) in [6.07, 6.45) is 1.40. The number of hydrogen-bond acceptors (Lipinski definition) is 5. The number of aromatic nitrogens is 1. The van der Waals surface area contributed by atoms with E-state index in [1.807, 2.05) is 13.8 Å². The minimum absolute atomic E-state index is 0.129. The Labute approximate surface area is 140 Å². The van der Waals surface area contributed by atoms with Gasteiger partial charge in [0.15, 0.2) is 17.4 Å². The van der Waals surface area contributed by atoms with Gasteiger partial charge in [-0.3, -0.25) is 0 Å². The second-order valence-corrected chi connectivity index (χ2v) is 5.59. The number of methoxy groups -OCH3 is 1. The van der Waals surface area contributed by atoms with Crippen LogP contribution in [0, 0.1) is 5.82 Å². The van der Waals surface area contributed by atoms with Gasteiger partial charge in [0.05, 0.1) is 13.2 Å². The average Bonchev–Trinajstić information content (AvgIpc) is 2.45. The normalized spacial score (nSPS) is 12.8. The zero-order valence-corrected chi connectivity index (χ0v) is 14.1. The van der Waals surface area contributed by atoms with Crippen molar-refractivity contribution in [2.45, 2.75) is 26.9 Å². The van der Waals surface area contributed by atoms with E-state index in [1.165, 1.54) is 19.3 Å². The zero-order chi connectivity index (χ0) is 17.9. The molecule has 0 bridgehead atoms. The van der Waals surface area contributed by atoms with Gasteiger partial charge in [0.2, 0.25) is 5.88 Å². The molecule has 1 heterocycles. The van der Waals surface area contributed by atoms with E-state index in [-0.39, 0.29) is 23.6 Å². The SMILES string of the molecule is COc1cc2cc(/N=C(N)\C=C(\C)N)nc(OC(C)C)c2cc1F. The Morgan fingerprint density at radius 2 is 2.00 bits per heavy atom. The zero-order valence-electron chi connectivity index (χ0n) is 14.1. The fourth-order valence-electron chi connectivity index (χ4n) is 2.13. The van der Waals surface area contributed by atoms with E-state index in [1.54, 1.807) is 19.1 Å². The summed E-state index contributed by atoms with van der Waals surface area (Å²) in [5.74, 6) is 0.472. The maximum absolute atomic E-state index is 14.0. The highest BCUT2D eigenvalue weighted by molar-refractivity contribution is 5.95. The third-order valence-electron chi connectivity index (χ3n) is 3.02. The molecule has 0 saturated carbocycles. The maximum atomic E-state index is 14.0. The Morgan fingerprint density at radius 3 is 2.58 bits per heavy atom. The number of rotatable bonds is 5. The molecule has 0 saturated heterocycles. The fraction of sp³-hybridized carbons (Fsp3) is 0.294. The van der Waals surface area contributed by atoms with Gasteiger partial charge in [-0.05, 0) is 50.4 Å². The number of amidine groups is 1. The Balaban J connectivity index is 2.65. The molecule has 1 aromatic heterocycles. The summed E-state index contributed by atoms with van der Waals surface area (Å²) in [5, 5.41) is 1.21. The Hall–Kier alpha value is -2.83. The molecular formula is C17H21FN4O2. The minimum Gasteiger partial charge on any atom is -0.494 e. The first kappa shape index (κ1) is 17.5. The van der Waals surface area contributed by atoms with Crippen LogP contribution < -0.4 is 20.9 Å². The Morgan fingerprint density at radius 1 is 1.29 bits per heavy atom. The van der Waals surface area contributed by atoms with Crippen molar-refractivity contribution in [1.82, 2.24) is 4.98 Å². The number of benzene rings is 1. The Bertz CT molecular complexity index is 812. The number of nitrogens with zero attached hydrogens (tertiary/aromatic N) is 2. The second kappa shape index (κ2) is 7.16. The van der Waals surface area contributed by atoms with E-state index >= 15 is 0 Å². The minimum atomic E-state index is -0.488. The summed E-state index contributed by atoms with van der Waals surface area (Å²) < 4.78 is 24.7. The molecule has 4 N–H and O–H groups in total. The van der Waals surface area contributed by atoms with Crippen molar-refractivity contribution in [3.63, 3.8) is 0 Å². The standard InChI is InChI=1S/C17H21FN4O2/c1-9(2)24-17-12-8-13(18)14(23-4)6-11(12)7-16(22-17)21-15(20)5-10(3)19/h5-9H,19H2,1-4H3,(H2,20,21,22)/b10-5-. The van der Waals surface area contributed by atoms with Gasteiger partial charge in [0.1, 0.15) is 5.84 Å². The summed E-state index contributed by atoms with van der Waals surface area (Å²) >= 11 is 0. The van der Waals surface area contributed by atoms with Crippen LogP contribution in [0.3, 0.4) is 0 Å². The highest BCUT2D eigenvalue weighted by Crippen LogP contribution is 2.33. The van der Waals surface area contributed by atoms with E-state index in [9.17, 15) is 4.39 Å². The molecule has 0 fully saturated rings. The van der Waals surface area contributed by atoms with Crippen LogP contribution in [0.2, 0.25) is 0 Å². The first-order valence-corrected chi connectivity index (χ1v) is 7.43. The van der Waals surface area contributed by atoms with Gasteiger partial charge in [-0.15, -0.1) is 0 Å². The van der Waals surface area contributed by atoms with Crippen molar-refractivity contribution < 1.29 is 13.9 Å². The van der Waals surface area contributed by atoms with Crippen molar-refractivity contribution in [2.75, 3.05) is 7.11 Å². The van der Waals surface area contributed by atoms with E-state index in [2.05, 4.69) is 9.98 Å². The van der Waals surface area contributed by atoms with E-state index in [0.29, 0.717) is 22.3 Å². The van der Waals surface area contributed by atoms with Crippen molar-refractivity contribution in [3.8, 4) is 11.6 Å². The quantitative estimate of drug-likeness (QED) is 0.648. The number of fused-ring (bicyclic) bond motifs is 1. The summed E-state index contributed by atoms with van der Waals surface area (Å²) in [6, 6.07) is 4.58. The predicted octanol–water partition coefficient (Wildman–Crippen LogP) is 3.02. The van der Waals surface area contributed by atoms with Gasteiger partial charge >= 0.3 is 0 Å². The highest BCUT2D eigenvalue weighted by atomic mass is 19.1. The molecule has 6 nitrogen and oxygen atoms in total. The molecule has 0 aliphatic heterocycles. The number of nitrogens with two attached hydrogens (primary N) is 2.